The number of hydrogen-bond donors (Lipinski definition) is 1. The number of likely N-dealkylation sites (tertiary alicyclic amines) is 1. The van der Waals surface area contributed by atoms with Gasteiger partial charge in [0.1, 0.15) is 0 Å². The van der Waals surface area contributed by atoms with Crippen molar-refractivity contribution in [3.63, 3.8) is 0 Å². The van der Waals surface area contributed by atoms with Crippen molar-refractivity contribution in [2.75, 3.05) is 19.7 Å². The van der Waals surface area contributed by atoms with Crippen LogP contribution in [0.25, 0.3) is 0 Å². The monoisotopic (exact) mass is 241 g/mol. The lowest BCUT2D eigenvalue weighted by Gasteiger charge is -2.40. The summed E-state index contributed by atoms with van der Waals surface area (Å²) in [6.07, 6.45) is 3.50. The van der Waals surface area contributed by atoms with Gasteiger partial charge in [-0.05, 0) is 30.1 Å². The third kappa shape index (κ3) is 3.98. The molecule has 1 aliphatic rings. The zero-order valence-corrected chi connectivity index (χ0v) is 11.8. The zero-order chi connectivity index (χ0) is 13.1. The molecule has 1 saturated heterocycles. The fourth-order valence-electron chi connectivity index (χ4n) is 2.42. The van der Waals surface area contributed by atoms with E-state index in [0.717, 1.165) is 32.4 Å². The first-order valence-electron chi connectivity index (χ1n) is 6.70. The number of aliphatic hydroxyl groups is 1. The maximum absolute atomic E-state index is 12.1. The van der Waals surface area contributed by atoms with Crippen LogP contribution in [0.4, 0.5) is 0 Å². The molecule has 0 atom stereocenters. The van der Waals surface area contributed by atoms with E-state index in [9.17, 15) is 9.90 Å². The highest BCUT2D eigenvalue weighted by Crippen LogP contribution is 2.34. The predicted molar refractivity (Wildman–Crippen MR) is 69.7 cm³/mol. The number of carbonyl (C=O) groups excluding carboxylic acids is 1. The summed E-state index contributed by atoms with van der Waals surface area (Å²) in [4.78, 5) is 14.0. The highest BCUT2D eigenvalue weighted by atomic mass is 16.3. The second-order valence-electron chi connectivity index (χ2n) is 6.63. The highest BCUT2D eigenvalue weighted by molar-refractivity contribution is 5.76. The van der Waals surface area contributed by atoms with Gasteiger partial charge < -0.3 is 10.0 Å². The summed E-state index contributed by atoms with van der Waals surface area (Å²) >= 11 is 0. The smallest absolute Gasteiger partial charge is 0.223 e. The van der Waals surface area contributed by atoms with Crippen molar-refractivity contribution in [2.24, 2.45) is 10.8 Å². The van der Waals surface area contributed by atoms with Gasteiger partial charge in [-0.25, -0.2) is 0 Å². The van der Waals surface area contributed by atoms with Gasteiger partial charge in [-0.1, -0.05) is 27.7 Å². The minimum absolute atomic E-state index is 0.0629. The number of amides is 1. The average molecular weight is 241 g/mol. The summed E-state index contributed by atoms with van der Waals surface area (Å²) < 4.78 is 0. The van der Waals surface area contributed by atoms with Crippen LogP contribution < -0.4 is 0 Å². The van der Waals surface area contributed by atoms with E-state index in [-0.39, 0.29) is 23.3 Å². The fourth-order valence-corrected chi connectivity index (χ4v) is 2.42. The van der Waals surface area contributed by atoms with Gasteiger partial charge in [0.15, 0.2) is 0 Å². The van der Waals surface area contributed by atoms with Crippen LogP contribution in [-0.4, -0.2) is 35.6 Å². The van der Waals surface area contributed by atoms with Crippen LogP contribution in [0.15, 0.2) is 0 Å². The van der Waals surface area contributed by atoms with Crippen LogP contribution in [0.3, 0.4) is 0 Å². The lowest BCUT2D eigenvalue weighted by molar-refractivity contribution is -0.136. The van der Waals surface area contributed by atoms with Gasteiger partial charge in [-0.15, -0.1) is 0 Å². The van der Waals surface area contributed by atoms with Crippen molar-refractivity contribution in [3.8, 4) is 0 Å². The Morgan fingerprint density at radius 2 is 1.82 bits per heavy atom. The number of rotatable bonds is 3. The van der Waals surface area contributed by atoms with E-state index in [1.165, 1.54) is 0 Å². The zero-order valence-electron chi connectivity index (χ0n) is 11.8. The summed E-state index contributed by atoms with van der Waals surface area (Å²) in [6, 6.07) is 0. The molecule has 0 aromatic heterocycles. The van der Waals surface area contributed by atoms with E-state index in [2.05, 4.69) is 27.7 Å². The van der Waals surface area contributed by atoms with Crippen LogP contribution in [0.2, 0.25) is 0 Å². The van der Waals surface area contributed by atoms with Crippen LogP contribution >= 0.6 is 0 Å². The van der Waals surface area contributed by atoms with Crippen LogP contribution in [0.1, 0.15) is 53.4 Å². The third-order valence-electron chi connectivity index (χ3n) is 3.94. The van der Waals surface area contributed by atoms with Crippen LogP contribution in [0.5, 0.6) is 0 Å². The van der Waals surface area contributed by atoms with Gasteiger partial charge in [-0.2, -0.15) is 0 Å². The van der Waals surface area contributed by atoms with E-state index < -0.39 is 0 Å². The Morgan fingerprint density at radius 1 is 1.29 bits per heavy atom. The second-order valence-corrected chi connectivity index (χ2v) is 6.63. The van der Waals surface area contributed by atoms with E-state index in [4.69, 9.17) is 0 Å². The van der Waals surface area contributed by atoms with Gasteiger partial charge in [-0.3, -0.25) is 4.79 Å². The van der Waals surface area contributed by atoms with Gasteiger partial charge >= 0.3 is 0 Å². The lowest BCUT2D eigenvalue weighted by atomic mass is 9.77. The first-order valence-corrected chi connectivity index (χ1v) is 6.70. The molecule has 0 aliphatic carbocycles. The first kappa shape index (κ1) is 14.5. The normalized spacial score (nSPS) is 20.4. The number of aliphatic hydroxyl groups excluding tert-OH is 1. The molecule has 1 rings (SSSR count). The largest absolute Gasteiger partial charge is 0.396 e. The molecule has 17 heavy (non-hydrogen) atoms. The minimum Gasteiger partial charge on any atom is -0.396 e. The Hall–Kier alpha value is -0.570. The molecule has 100 valence electrons. The molecule has 1 aliphatic heterocycles. The number of piperidine rings is 1. The SMILES string of the molecule is CCC1(CO)CCN(C(=O)CC(C)(C)C)CC1. The topological polar surface area (TPSA) is 40.5 Å². The molecule has 1 N–H and O–H groups in total. The molecule has 3 heteroatoms. The molecule has 1 amide bonds. The Kier molecular flexibility index (Phi) is 4.59. The summed E-state index contributed by atoms with van der Waals surface area (Å²) in [5, 5.41) is 9.45. The molecule has 0 radical (unpaired) electrons. The Bertz CT molecular complexity index is 254. The van der Waals surface area contributed by atoms with E-state index in [1.807, 2.05) is 4.90 Å². The van der Waals surface area contributed by atoms with E-state index in [0.29, 0.717) is 6.42 Å². The Balaban J connectivity index is 2.49. The Morgan fingerprint density at radius 3 is 2.18 bits per heavy atom. The summed E-state index contributed by atoms with van der Waals surface area (Å²) in [7, 11) is 0. The molecular formula is C14H27NO2. The molecular weight excluding hydrogens is 214 g/mol. The molecule has 0 aromatic rings. The highest BCUT2D eigenvalue weighted by Gasteiger charge is 2.34. The van der Waals surface area contributed by atoms with E-state index in [1.54, 1.807) is 0 Å². The van der Waals surface area contributed by atoms with Crippen molar-refractivity contribution in [2.45, 2.75) is 53.4 Å². The number of hydrogen-bond acceptors (Lipinski definition) is 2. The quantitative estimate of drug-likeness (QED) is 0.824. The summed E-state index contributed by atoms with van der Waals surface area (Å²) in [5.74, 6) is 0.264. The van der Waals surface area contributed by atoms with Gasteiger partial charge in [0.05, 0.1) is 0 Å². The maximum atomic E-state index is 12.1. The minimum atomic E-state index is 0.0629. The molecule has 0 saturated carbocycles. The molecule has 1 heterocycles. The number of nitrogens with zero attached hydrogens (tertiary/aromatic N) is 1. The first-order chi connectivity index (χ1) is 7.82. The molecule has 0 bridgehead atoms. The molecule has 0 spiro atoms. The maximum Gasteiger partial charge on any atom is 0.223 e. The molecule has 0 unspecified atom stereocenters. The van der Waals surface area contributed by atoms with Crippen molar-refractivity contribution < 1.29 is 9.90 Å². The fraction of sp³-hybridized carbons (Fsp3) is 0.929. The predicted octanol–water partition coefficient (Wildman–Crippen LogP) is 2.43. The van der Waals surface area contributed by atoms with Crippen molar-refractivity contribution in [1.82, 2.24) is 4.90 Å². The number of carbonyl (C=O) groups is 1. The van der Waals surface area contributed by atoms with Crippen LogP contribution in [-0.2, 0) is 4.79 Å². The van der Waals surface area contributed by atoms with Gasteiger partial charge in [0, 0.05) is 26.1 Å². The van der Waals surface area contributed by atoms with Crippen molar-refractivity contribution >= 4 is 5.91 Å². The van der Waals surface area contributed by atoms with Gasteiger partial charge in [0.2, 0.25) is 5.91 Å². The third-order valence-corrected chi connectivity index (χ3v) is 3.94. The average Bonchev–Trinajstić information content (AvgIpc) is 2.27. The van der Waals surface area contributed by atoms with Gasteiger partial charge in [0.25, 0.3) is 0 Å². The van der Waals surface area contributed by atoms with E-state index >= 15 is 0 Å². The second kappa shape index (κ2) is 5.38. The standard InChI is InChI=1S/C14H27NO2/c1-5-14(11-16)6-8-15(9-7-14)12(17)10-13(2,3)4/h16H,5-11H2,1-4H3. The summed E-state index contributed by atoms with van der Waals surface area (Å²) in [6.45, 7) is 10.3. The molecule has 1 fully saturated rings. The molecule has 0 aromatic carbocycles. The summed E-state index contributed by atoms with van der Waals surface area (Å²) in [5.41, 5.74) is 0.131. The van der Waals surface area contributed by atoms with Crippen LogP contribution in [0, 0.1) is 10.8 Å². The van der Waals surface area contributed by atoms with Crippen molar-refractivity contribution in [1.29, 1.82) is 0 Å². The Labute approximate surface area is 105 Å². The lowest BCUT2D eigenvalue weighted by Crippen LogP contribution is -2.45. The van der Waals surface area contributed by atoms with Crippen molar-refractivity contribution in [3.05, 3.63) is 0 Å². The molecule has 3 nitrogen and oxygen atoms in total.